The molecule has 1 spiro atoms. The first-order chi connectivity index (χ1) is 20.9. The molecule has 3 aromatic carbocycles. The molecule has 44 heavy (non-hydrogen) atoms. The molecular weight excluding hydrogens is 555 g/mol. The van der Waals surface area contributed by atoms with Crippen molar-refractivity contribution in [2.45, 2.75) is 66.1 Å². The second kappa shape index (κ2) is 11.4. The molecule has 1 aliphatic carbocycles. The number of nitrogens with zero attached hydrogens (tertiary/aromatic N) is 2. The van der Waals surface area contributed by atoms with Crippen molar-refractivity contribution in [1.29, 1.82) is 0 Å². The van der Waals surface area contributed by atoms with E-state index in [1.807, 2.05) is 42.5 Å². The largest absolute Gasteiger partial charge is 0.489 e. The Balaban J connectivity index is 1.43. The number of likely N-dealkylation sites (tertiary alicyclic amines) is 1. The number of carbonyl (C=O) groups is 1. The highest BCUT2D eigenvalue weighted by atomic mass is 19.1. The van der Waals surface area contributed by atoms with E-state index in [1.54, 1.807) is 17.0 Å². The van der Waals surface area contributed by atoms with Crippen molar-refractivity contribution in [3.05, 3.63) is 89.9 Å². The summed E-state index contributed by atoms with van der Waals surface area (Å²) in [6, 6.07) is 22.6. The second-order valence-electron chi connectivity index (χ2n) is 13.8. The Morgan fingerprint density at radius 2 is 1.80 bits per heavy atom. The summed E-state index contributed by atoms with van der Waals surface area (Å²) in [5.74, 6) is 1.23. The molecule has 2 fully saturated rings. The smallest absolute Gasteiger partial charge is 0.407 e. The van der Waals surface area contributed by atoms with Gasteiger partial charge in [0.05, 0.1) is 5.69 Å². The van der Waals surface area contributed by atoms with Crippen LogP contribution in [0.4, 0.5) is 9.18 Å². The van der Waals surface area contributed by atoms with Crippen molar-refractivity contribution >= 4 is 16.9 Å². The molecule has 4 aromatic rings. The van der Waals surface area contributed by atoms with Crippen molar-refractivity contribution in [3.63, 3.8) is 0 Å². The van der Waals surface area contributed by atoms with E-state index >= 15 is 0 Å². The minimum atomic E-state index is -0.854. The maximum atomic E-state index is 13.9. The topological polar surface area (TPSA) is 71.9 Å². The lowest BCUT2D eigenvalue weighted by atomic mass is 9.50. The first kappa shape index (κ1) is 29.9. The van der Waals surface area contributed by atoms with Crippen LogP contribution in [0.3, 0.4) is 0 Å². The van der Waals surface area contributed by atoms with E-state index < -0.39 is 6.09 Å². The summed E-state index contributed by atoms with van der Waals surface area (Å²) in [6.07, 6.45) is 0.661. The Morgan fingerprint density at radius 1 is 1.07 bits per heavy atom. The summed E-state index contributed by atoms with van der Waals surface area (Å²) in [5, 5.41) is 11.5. The Morgan fingerprint density at radius 3 is 2.43 bits per heavy atom. The van der Waals surface area contributed by atoms with E-state index in [4.69, 9.17) is 14.5 Å². The maximum Gasteiger partial charge on any atom is 0.407 e. The molecule has 0 radical (unpaired) electrons. The number of aromatic nitrogens is 1. The van der Waals surface area contributed by atoms with Crippen LogP contribution in [0, 0.1) is 22.6 Å². The number of halogens is 1. The average Bonchev–Trinajstić information content (AvgIpc) is 3.43. The van der Waals surface area contributed by atoms with E-state index in [0.29, 0.717) is 31.3 Å². The zero-order valence-corrected chi connectivity index (χ0v) is 26.1. The quantitative estimate of drug-likeness (QED) is 0.231. The van der Waals surface area contributed by atoms with Crippen LogP contribution in [0.15, 0.2) is 72.8 Å². The van der Waals surface area contributed by atoms with E-state index in [0.717, 1.165) is 46.0 Å². The first-order valence-electron chi connectivity index (χ1n) is 15.5. The molecule has 7 heteroatoms. The summed E-state index contributed by atoms with van der Waals surface area (Å²) in [5.41, 5.74) is 3.62. The summed E-state index contributed by atoms with van der Waals surface area (Å²) in [6.45, 7) is 12.4. The number of pyridine rings is 1. The number of fused-ring (bicyclic) bond motifs is 1. The average molecular weight is 597 g/mol. The van der Waals surface area contributed by atoms with Crippen molar-refractivity contribution in [3.8, 4) is 22.8 Å². The molecule has 6 rings (SSSR count). The Kier molecular flexibility index (Phi) is 7.76. The normalized spacial score (nSPS) is 21.6. The van der Waals surface area contributed by atoms with Crippen LogP contribution < -0.4 is 9.47 Å². The molecule has 1 saturated carbocycles. The SMILES string of the molecule is CC(C)c1nc(OC2CC3(CCN(C(=O)O)C3)C2C(C)(C)C)c2cc(OCc3ccccc3)ccc2c1-c1ccc(F)cc1. The summed E-state index contributed by atoms with van der Waals surface area (Å²) in [4.78, 5) is 18.5. The standard InChI is InChI=1S/C37H41FN2O4/c1-23(2)32-31(25-11-13-26(38)14-12-25)28-16-15-27(43-21-24-9-7-6-8-10-24)19-29(28)34(39-32)44-30-20-37(33(30)36(3,4)5)17-18-40(22-37)35(41)42/h6-16,19,23,30,33H,17-18,20-22H2,1-5H3,(H,41,42). The molecule has 1 N–H and O–H groups in total. The predicted octanol–water partition coefficient (Wildman–Crippen LogP) is 8.93. The van der Waals surface area contributed by atoms with Gasteiger partial charge in [-0.25, -0.2) is 14.2 Å². The Bertz CT molecular complexity index is 1670. The van der Waals surface area contributed by atoms with Gasteiger partial charge in [0.15, 0.2) is 0 Å². The van der Waals surface area contributed by atoms with Gasteiger partial charge in [-0.15, -0.1) is 0 Å². The number of ether oxygens (including phenoxy) is 2. The minimum absolute atomic E-state index is 0.0842. The molecule has 2 heterocycles. The van der Waals surface area contributed by atoms with E-state index in [2.05, 4.69) is 40.7 Å². The van der Waals surface area contributed by atoms with Gasteiger partial charge in [-0.1, -0.05) is 77.1 Å². The number of hydrogen-bond donors (Lipinski definition) is 1. The minimum Gasteiger partial charge on any atom is -0.489 e. The van der Waals surface area contributed by atoms with Gasteiger partial charge in [0.25, 0.3) is 0 Å². The number of amides is 1. The fourth-order valence-corrected chi connectivity index (χ4v) is 7.63. The lowest BCUT2D eigenvalue weighted by Crippen LogP contribution is -2.60. The van der Waals surface area contributed by atoms with Gasteiger partial charge in [-0.2, -0.15) is 0 Å². The van der Waals surface area contributed by atoms with Crippen LogP contribution >= 0.6 is 0 Å². The zero-order valence-electron chi connectivity index (χ0n) is 26.1. The first-order valence-corrected chi connectivity index (χ1v) is 15.5. The predicted molar refractivity (Wildman–Crippen MR) is 171 cm³/mol. The van der Waals surface area contributed by atoms with E-state index in [1.165, 1.54) is 12.1 Å². The number of rotatable bonds is 7. The zero-order chi connectivity index (χ0) is 31.2. The van der Waals surface area contributed by atoms with Gasteiger partial charge in [-0.3, -0.25) is 0 Å². The van der Waals surface area contributed by atoms with Crippen LogP contribution in [0.2, 0.25) is 0 Å². The van der Waals surface area contributed by atoms with Gasteiger partial charge >= 0.3 is 6.09 Å². The van der Waals surface area contributed by atoms with Crippen molar-refractivity contribution in [1.82, 2.24) is 9.88 Å². The van der Waals surface area contributed by atoms with Crippen LogP contribution in [-0.4, -0.2) is 40.3 Å². The van der Waals surface area contributed by atoms with Gasteiger partial charge in [-0.05, 0) is 71.0 Å². The molecule has 2 aliphatic rings. The monoisotopic (exact) mass is 596 g/mol. The third-order valence-corrected chi connectivity index (χ3v) is 9.39. The van der Waals surface area contributed by atoms with Crippen molar-refractivity contribution in [2.75, 3.05) is 13.1 Å². The fourth-order valence-electron chi connectivity index (χ4n) is 7.63. The van der Waals surface area contributed by atoms with Crippen molar-refractivity contribution in [2.24, 2.45) is 16.7 Å². The molecule has 1 aliphatic heterocycles. The van der Waals surface area contributed by atoms with Gasteiger partial charge in [0, 0.05) is 35.4 Å². The van der Waals surface area contributed by atoms with E-state index in [9.17, 15) is 14.3 Å². The molecule has 1 amide bonds. The highest BCUT2D eigenvalue weighted by Gasteiger charge is 2.62. The molecule has 6 nitrogen and oxygen atoms in total. The molecule has 1 saturated heterocycles. The van der Waals surface area contributed by atoms with Crippen molar-refractivity contribution < 1.29 is 23.8 Å². The Labute approximate surface area is 258 Å². The summed E-state index contributed by atoms with van der Waals surface area (Å²) < 4.78 is 27.1. The lowest BCUT2D eigenvalue weighted by Gasteiger charge is -2.58. The molecule has 1 aromatic heterocycles. The van der Waals surface area contributed by atoms with Crippen LogP contribution in [0.25, 0.3) is 21.9 Å². The molecule has 3 atom stereocenters. The third-order valence-electron chi connectivity index (χ3n) is 9.39. The maximum absolute atomic E-state index is 13.9. The Hall–Kier alpha value is -4.13. The number of benzene rings is 3. The highest BCUT2D eigenvalue weighted by Crippen LogP contribution is 2.60. The van der Waals surface area contributed by atoms with Gasteiger partial charge < -0.3 is 19.5 Å². The molecule has 0 bridgehead atoms. The van der Waals surface area contributed by atoms with Crippen LogP contribution in [-0.2, 0) is 6.61 Å². The van der Waals surface area contributed by atoms with Gasteiger partial charge in [0.2, 0.25) is 5.88 Å². The number of carboxylic acid groups (broad SMARTS) is 1. The van der Waals surface area contributed by atoms with Crippen LogP contribution in [0.5, 0.6) is 11.6 Å². The molecular formula is C37H41FN2O4. The third kappa shape index (κ3) is 5.60. The summed E-state index contributed by atoms with van der Waals surface area (Å²) in [7, 11) is 0. The van der Waals surface area contributed by atoms with E-state index in [-0.39, 0.29) is 34.6 Å². The molecule has 230 valence electrons. The molecule has 3 unspecified atom stereocenters. The highest BCUT2D eigenvalue weighted by molar-refractivity contribution is 6.01. The second-order valence-corrected chi connectivity index (χ2v) is 13.8. The van der Waals surface area contributed by atoms with Crippen LogP contribution in [0.1, 0.15) is 64.6 Å². The fraction of sp³-hybridized carbons (Fsp3) is 0.405. The lowest BCUT2D eigenvalue weighted by molar-refractivity contribution is -0.137. The number of hydrogen-bond acceptors (Lipinski definition) is 4. The summed E-state index contributed by atoms with van der Waals surface area (Å²) >= 11 is 0. The van der Waals surface area contributed by atoms with Gasteiger partial charge in [0.1, 0.15) is 24.3 Å².